The van der Waals surface area contributed by atoms with Crippen molar-refractivity contribution in [3.63, 3.8) is 0 Å². The summed E-state index contributed by atoms with van der Waals surface area (Å²) < 4.78 is 6.02. The minimum atomic E-state index is -0.318. The molecule has 1 amide bonds. The molecule has 1 aromatic heterocycles. The fourth-order valence-electron chi connectivity index (χ4n) is 4.84. The Bertz CT molecular complexity index is 1280. The number of carbonyl (C=O) groups is 1. The van der Waals surface area contributed by atoms with Crippen molar-refractivity contribution in [2.45, 2.75) is 12.0 Å². The number of rotatable bonds is 3. The number of thiophene rings is 1. The first kappa shape index (κ1) is 19.1. The molecule has 0 radical (unpaired) electrons. The average Bonchev–Trinajstić information content (AvgIpc) is 3.49. The summed E-state index contributed by atoms with van der Waals surface area (Å²) in [7, 11) is 0. The number of hydrogen-bond donors (Lipinski definition) is 0. The lowest BCUT2D eigenvalue weighted by Gasteiger charge is -2.33. The minimum absolute atomic E-state index is 0.0436. The van der Waals surface area contributed by atoms with Crippen molar-refractivity contribution in [1.29, 1.82) is 0 Å². The van der Waals surface area contributed by atoms with E-state index in [2.05, 4.69) is 66.7 Å². The first-order valence-electron chi connectivity index (χ1n) is 10.8. The van der Waals surface area contributed by atoms with Gasteiger partial charge in [-0.05, 0) is 45.3 Å². The molecule has 6 rings (SSSR count). The molecule has 0 saturated carbocycles. The lowest BCUT2D eigenvalue weighted by Crippen LogP contribution is -2.36. The summed E-state index contributed by atoms with van der Waals surface area (Å²) in [6, 6.07) is 28.7. The second-order valence-electron chi connectivity index (χ2n) is 8.05. The van der Waals surface area contributed by atoms with Crippen molar-refractivity contribution in [2.24, 2.45) is 0 Å². The lowest BCUT2D eigenvalue weighted by molar-refractivity contribution is 0.149. The van der Waals surface area contributed by atoms with Crippen LogP contribution in [0.25, 0.3) is 17.2 Å². The topological polar surface area (TPSA) is 29.5 Å². The first-order valence-corrected chi connectivity index (χ1v) is 11.6. The van der Waals surface area contributed by atoms with Crippen LogP contribution >= 0.6 is 11.3 Å². The number of para-hydroxylation sites is 1. The molecular formula is C28H21NO2S. The standard InChI is InChI=1S/C28H21NO2S/c30-28(29-25-13-6-1-8-19(25)15-16-26(29)27-14-7-17-32-27)31-18-24-22-11-4-2-9-20(22)21-10-3-5-12-23(21)24/h1-17,24,26H,18H2/t26-/m1/s1. The van der Waals surface area contributed by atoms with Gasteiger partial charge in [0.1, 0.15) is 6.61 Å². The number of amides is 1. The SMILES string of the molecule is O=C(OCC1c2ccccc2-c2ccccc21)N1c2ccccc2C=C[C@@H]1c1cccs1. The van der Waals surface area contributed by atoms with Crippen molar-refractivity contribution in [2.75, 3.05) is 11.5 Å². The Kier molecular flexibility index (Phi) is 4.66. The highest BCUT2D eigenvalue weighted by Crippen LogP contribution is 2.45. The molecule has 1 aliphatic heterocycles. The summed E-state index contributed by atoms with van der Waals surface area (Å²) in [5.41, 5.74) is 6.80. The summed E-state index contributed by atoms with van der Waals surface area (Å²) >= 11 is 1.65. The summed E-state index contributed by atoms with van der Waals surface area (Å²) in [6.45, 7) is 0.312. The molecule has 1 atom stereocenters. The quantitative estimate of drug-likeness (QED) is 0.339. The van der Waals surface area contributed by atoms with E-state index >= 15 is 0 Å². The number of benzene rings is 3. The zero-order chi connectivity index (χ0) is 21.5. The van der Waals surface area contributed by atoms with E-state index in [0.717, 1.165) is 16.1 Å². The van der Waals surface area contributed by atoms with Gasteiger partial charge in [0.15, 0.2) is 0 Å². The zero-order valence-corrected chi connectivity index (χ0v) is 18.2. The number of ether oxygens (including phenoxy) is 1. The van der Waals surface area contributed by atoms with Crippen molar-refractivity contribution in [1.82, 2.24) is 0 Å². The maximum atomic E-state index is 13.5. The molecular weight excluding hydrogens is 414 g/mol. The largest absolute Gasteiger partial charge is 0.448 e. The molecule has 2 aliphatic rings. The molecule has 3 aromatic carbocycles. The molecule has 1 aliphatic carbocycles. The van der Waals surface area contributed by atoms with Crippen LogP contribution in [-0.4, -0.2) is 12.7 Å². The van der Waals surface area contributed by atoms with Crippen LogP contribution < -0.4 is 4.90 Å². The Morgan fingerprint density at radius 2 is 1.53 bits per heavy atom. The van der Waals surface area contributed by atoms with Crippen LogP contribution in [0.5, 0.6) is 0 Å². The van der Waals surface area contributed by atoms with Gasteiger partial charge in [-0.1, -0.05) is 84.9 Å². The maximum absolute atomic E-state index is 13.5. The molecule has 2 heterocycles. The average molecular weight is 436 g/mol. The normalized spacial score (nSPS) is 16.4. The van der Waals surface area contributed by atoms with Crippen molar-refractivity contribution in [3.8, 4) is 11.1 Å². The number of anilines is 1. The van der Waals surface area contributed by atoms with Crippen LogP contribution in [0.3, 0.4) is 0 Å². The second-order valence-corrected chi connectivity index (χ2v) is 9.03. The monoisotopic (exact) mass is 435 g/mol. The van der Waals surface area contributed by atoms with Gasteiger partial charge in [0.25, 0.3) is 0 Å². The predicted molar refractivity (Wildman–Crippen MR) is 130 cm³/mol. The number of nitrogens with zero attached hydrogens (tertiary/aromatic N) is 1. The third-order valence-electron chi connectivity index (χ3n) is 6.30. The van der Waals surface area contributed by atoms with Gasteiger partial charge in [-0.15, -0.1) is 11.3 Å². The van der Waals surface area contributed by atoms with Gasteiger partial charge in [0, 0.05) is 10.8 Å². The molecule has 0 saturated heterocycles. The van der Waals surface area contributed by atoms with Crippen LogP contribution in [0.2, 0.25) is 0 Å². The fraction of sp³-hybridized carbons (Fsp3) is 0.107. The van der Waals surface area contributed by atoms with E-state index in [1.54, 1.807) is 16.2 Å². The second kappa shape index (κ2) is 7.81. The van der Waals surface area contributed by atoms with Gasteiger partial charge in [-0.3, -0.25) is 4.90 Å². The Morgan fingerprint density at radius 1 is 0.844 bits per heavy atom. The summed E-state index contributed by atoms with van der Waals surface area (Å²) in [4.78, 5) is 16.4. The number of carbonyl (C=O) groups excluding carboxylic acids is 1. The molecule has 0 unspecified atom stereocenters. The Balaban J connectivity index is 1.31. The van der Waals surface area contributed by atoms with E-state index < -0.39 is 0 Å². The van der Waals surface area contributed by atoms with Gasteiger partial charge in [-0.25, -0.2) is 4.79 Å². The highest BCUT2D eigenvalue weighted by Gasteiger charge is 2.33. The van der Waals surface area contributed by atoms with Gasteiger partial charge in [0.05, 0.1) is 11.7 Å². The summed E-state index contributed by atoms with van der Waals surface area (Å²) in [5, 5.41) is 2.04. The highest BCUT2D eigenvalue weighted by molar-refractivity contribution is 7.10. The predicted octanol–water partition coefficient (Wildman–Crippen LogP) is 7.27. The van der Waals surface area contributed by atoms with E-state index in [9.17, 15) is 4.79 Å². The summed E-state index contributed by atoms with van der Waals surface area (Å²) in [5.74, 6) is 0.0436. The zero-order valence-electron chi connectivity index (χ0n) is 17.3. The third kappa shape index (κ3) is 3.07. The lowest BCUT2D eigenvalue weighted by atomic mass is 9.98. The van der Waals surface area contributed by atoms with Crippen LogP contribution in [0.15, 0.2) is 96.4 Å². The van der Waals surface area contributed by atoms with Gasteiger partial charge >= 0.3 is 6.09 Å². The van der Waals surface area contributed by atoms with Crippen molar-refractivity contribution >= 4 is 29.2 Å². The van der Waals surface area contributed by atoms with E-state index in [1.165, 1.54) is 22.3 Å². The van der Waals surface area contributed by atoms with Crippen molar-refractivity contribution in [3.05, 3.63) is 118 Å². The molecule has 0 fully saturated rings. The molecule has 4 aromatic rings. The number of fused-ring (bicyclic) bond motifs is 4. The first-order chi connectivity index (χ1) is 15.8. The molecule has 0 spiro atoms. The van der Waals surface area contributed by atoms with Gasteiger partial charge in [0.2, 0.25) is 0 Å². The smallest absolute Gasteiger partial charge is 0.415 e. The molecule has 156 valence electrons. The molecule has 3 nitrogen and oxygen atoms in total. The molecule has 0 bridgehead atoms. The van der Waals surface area contributed by atoms with E-state index in [0.29, 0.717) is 6.61 Å². The van der Waals surface area contributed by atoms with E-state index in [-0.39, 0.29) is 18.1 Å². The minimum Gasteiger partial charge on any atom is -0.448 e. The highest BCUT2D eigenvalue weighted by atomic mass is 32.1. The van der Waals surface area contributed by atoms with Crippen LogP contribution in [-0.2, 0) is 4.74 Å². The Morgan fingerprint density at radius 3 is 2.25 bits per heavy atom. The molecule has 32 heavy (non-hydrogen) atoms. The van der Waals surface area contributed by atoms with E-state index in [1.807, 2.05) is 35.7 Å². The van der Waals surface area contributed by atoms with Crippen LogP contribution in [0, 0.1) is 0 Å². The molecule has 4 heteroatoms. The summed E-state index contributed by atoms with van der Waals surface area (Å²) in [6.07, 6.45) is 3.85. The number of hydrogen-bond acceptors (Lipinski definition) is 3. The third-order valence-corrected chi connectivity index (χ3v) is 7.24. The maximum Gasteiger partial charge on any atom is 0.415 e. The molecule has 0 N–H and O–H groups in total. The van der Waals surface area contributed by atoms with Crippen LogP contribution in [0.1, 0.15) is 33.5 Å². The van der Waals surface area contributed by atoms with Crippen LogP contribution in [0.4, 0.5) is 10.5 Å². The fourth-order valence-corrected chi connectivity index (χ4v) is 5.63. The van der Waals surface area contributed by atoms with Gasteiger partial charge in [-0.2, -0.15) is 0 Å². The van der Waals surface area contributed by atoms with E-state index in [4.69, 9.17) is 4.74 Å². The Hall–Kier alpha value is -3.63. The Labute approximate surface area is 191 Å². The van der Waals surface area contributed by atoms with Crippen molar-refractivity contribution < 1.29 is 9.53 Å². The van der Waals surface area contributed by atoms with Gasteiger partial charge < -0.3 is 4.74 Å².